The Kier molecular flexibility index (Phi) is 8.14. The van der Waals surface area contributed by atoms with Gasteiger partial charge in [0.2, 0.25) is 15.9 Å². The number of benzene rings is 2. The third-order valence-corrected chi connectivity index (χ3v) is 5.39. The molecule has 8 heteroatoms. The van der Waals surface area contributed by atoms with E-state index >= 15 is 0 Å². The van der Waals surface area contributed by atoms with E-state index in [-0.39, 0.29) is 18.9 Å². The van der Waals surface area contributed by atoms with Crippen molar-refractivity contribution in [3.8, 4) is 5.75 Å². The van der Waals surface area contributed by atoms with Gasteiger partial charge in [-0.2, -0.15) is 0 Å². The van der Waals surface area contributed by atoms with Crippen LogP contribution in [0.1, 0.15) is 25.3 Å². The van der Waals surface area contributed by atoms with E-state index in [1.165, 1.54) is 4.31 Å². The minimum Gasteiger partial charge on any atom is -0.494 e. The highest BCUT2D eigenvalue weighted by atomic mass is 35.5. The zero-order valence-electron chi connectivity index (χ0n) is 16.0. The van der Waals surface area contributed by atoms with Gasteiger partial charge in [-0.15, -0.1) is 0 Å². The number of nitrogens with one attached hydrogen (secondary N) is 1. The SMILES string of the molecule is CCOc1cccc(CNC(=O)CCCN(c2cccc(Cl)c2)S(C)(=O)=O)c1. The summed E-state index contributed by atoms with van der Waals surface area (Å²) in [6, 6.07) is 14.2. The Bertz CT molecular complexity index is 903. The second-order valence-corrected chi connectivity index (χ2v) is 8.62. The lowest BCUT2D eigenvalue weighted by Gasteiger charge is -2.22. The molecule has 2 aromatic carbocycles. The van der Waals surface area contributed by atoms with Crippen molar-refractivity contribution in [2.75, 3.05) is 23.7 Å². The van der Waals surface area contributed by atoms with Crippen molar-refractivity contribution < 1.29 is 17.9 Å². The molecular weight excluding hydrogens is 400 g/mol. The Morgan fingerprint density at radius 3 is 2.61 bits per heavy atom. The highest BCUT2D eigenvalue weighted by Gasteiger charge is 2.17. The van der Waals surface area contributed by atoms with Crippen LogP contribution in [0.5, 0.6) is 5.75 Å². The molecule has 0 saturated heterocycles. The summed E-state index contributed by atoms with van der Waals surface area (Å²) < 4.78 is 30.9. The summed E-state index contributed by atoms with van der Waals surface area (Å²) in [7, 11) is -3.47. The second-order valence-electron chi connectivity index (χ2n) is 6.28. The van der Waals surface area contributed by atoms with Crippen molar-refractivity contribution in [3.05, 3.63) is 59.1 Å². The zero-order chi connectivity index (χ0) is 20.6. The predicted molar refractivity (Wildman–Crippen MR) is 112 cm³/mol. The van der Waals surface area contributed by atoms with Gasteiger partial charge in [-0.1, -0.05) is 29.8 Å². The Morgan fingerprint density at radius 2 is 1.93 bits per heavy atom. The topological polar surface area (TPSA) is 75.7 Å². The second kappa shape index (κ2) is 10.3. The lowest BCUT2D eigenvalue weighted by molar-refractivity contribution is -0.121. The van der Waals surface area contributed by atoms with Crippen molar-refractivity contribution in [3.63, 3.8) is 0 Å². The van der Waals surface area contributed by atoms with E-state index in [2.05, 4.69) is 5.32 Å². The standard InChI is InChI=1S/C20H25ClN2O4S/c1-3-27-19-10-4-7-16(13-19)15-22-20(24)11-6-12-23(28(2,25)26)18-9-5-8-17(21)14-18/h4-5,7-10,13-14H,3,6,11-12,15H2,1-2H3,(H,22,24). The molecule has 0 radical (unpaired) electrons. The van der Waals surface area contributed by atoms with Gasteiger partial charge in [0.25, 0.3) is 0 Å². The first kappa shape index (κ1) is 22.0. The van der Waals surface area contributed by atoms with E-state index in [1.807, 2.05) is 31.2 Å². The van der Waals surface area contributed by atoms with Crippen molar-refractivity contribution in [2.45, 2.75) is 26.3 Å². The zero-order valence-corrected chi connectivity index (χ0v) is 17.6. The number of hydrogen-bond acceptors (Lipinski definition) is 4. The number of halogens is 1. The molecule has 1 N–H and O–H groups in total. The lowest BCUT2D eigenvalue weighted by atomic mass is 10.2. The van der Waals surface area contributed by atoms with Crippen LogP contribution in [0.3, 0.4) is 0 Å². The molecule has 0 aliphatic heterocycles. The molecule has 28 heavy (non-hydrogen) atoms. The highest BCUT2D eigenvalue weighted by molar-refractivity contribution is 7.92. The van der Waals surface area contributed by atoms with Crippen LogP contribution in [-0.2, 0) is 21.4 Å². The molecule has 0 aliphatic rings. The van der Waals surface area contributed by atoms with Crippen LogP contribution >= 0.6 is 11.6 Å². The maximum Gasteiger partial charge on any atom is 0.232 e. The van der Waals surface area contributed by atoms with Gasteiger partial charge in [-0.3, -0.25) is 9.10 Å². The van der Waals surface area contributed by atoms with E-state index in [0.29, 0.717) is 30.3 Å². The number of rotatable bonds is 10. The summed E-state index contributed by atoms with van der Waals surface area (Å²) in [4.78, 5) is 12.1. The fourth-order valence-corrected chi connectivity index (χ4v) is 3.84. The number of amides is 1. The Morgan fingerprint density at radius 1 is 1.18 bits per heavy atom. The van der Waals surface area contributed by atoms with E-state index < -0.39 is 10.0 Å². The number of carbonyl (C=O) groups is 1. The quantitative estimate of drug-likeness (QED) is 0.632. The van der Waals surface area contributed by atoms with Gasteiger partial charge in [-0.25, -0.2) is 8.42 Å². The number of ether oxygens (including phenoxy) is 1. The molecule has 0 aromatic heterocycles. The number of nitrogens with zero attached hydrogens (tertiary/aromatic N) is 1. The summed E-state index contributed by atoms with van der Waals surface area (Å²) in [5.41, 5.74) is 1.43. The van der Waals surface area contributed by atoms with Crippen molar-refractivity contribution in [2.24, 2.45) is 0 Å². The van der Waals surface area contributed by atoms with Crippen molar-refractivity contribution in [1.29, 1.82) is 0 Å². The Hall–Kier alpha value is -2.25. The summed E-state index contributed by atoms with van der Waals surface area (Å²) in [5.74, 6) is 0.626. The first-order valence-corrected chi connectivity index (χ1v) is 11.2. The number of sulfonamides is 1. The maximum atomic E-state index is 12.1. The summed E-state index contributed by atoms with van der Waals surface area (Å²) in [5, 5.41) is 3.30. The van der Waals surface area contributed by atoms with Crippen molar-refractivity contribution in [1.82, 2.24) is 5.32 Å². The molecule has 0 saturated carbocycles. The van der Waals surface area contributed by atoms with Gasteiger partial charge in [0.15, 0.2) is 0 Å². The predicted octanol–water partition coefficient (Wildman–Crippen LogP) is 3.60. The van der Waals surface area contributed by atoms with Gasteiger partial charge >= 0.3 is 0 Å². The molecule has 152 valence electrons. The van der Waals surface area contributed by atoms with Crippen LogP contribution in [0.25, 0.3) is 0 Å². The number of carbonyl (C=O) groups excluding carboxylic acids is 1. The molecule has 0 spiro atoms. The largest absolute Gasteiger partial charge is 0.494 e. The van der Waals surface area contributed by atoms with Crippen molar-refractivity contribution >= 4 is 33.2 Å². The van der Waals surface area contributed by atoms with Gasteiger partial charge in [0.1, 0.15) is 5.75 Å². The monoisotopic (exact) mass is 424 g/mol. The molecule has 2 rings (SSSR count). The summed E-state index contributed by atoms with van der Waals surface area (Å²) >= 11 is 5.96. The van der Waals surface area contributed by atoms with Crippen LogP contribution in [0, 0.1) is 0 Å². The molecule has 0 atom stereocenters. The fourth-order valence-electron chi connectivity index (χ4n) is 2.70. The lowest BCUT2D eigenvalue weighted by Crippen LogP contribution is -2.32. The first-order chi connectivity index (χ1) is 13.3. The van der Waals surface area contributed by atoms with Gasteiger partial charge in [0.05, 0.1) is 18.6 Å². The molecule has 0 unspecified atom stereocenters. The molecule has 0 heterocycles. The maximum absolute atomic E-state index is 12.1. The third kappa shape index (κ3) is 7.05. The highest BCUT2D eigenvalue weighted by Crippen LogP contribution is 2.22. The normalized spacial score (nSPS) is 11.1. The van der Waals surface area contributed by atoms with Crippen LogP contribution in [0.2, 0.25) is 5.02 Å². The van der Waals surface area contributed by atoms with E-state index in [9.17, 15) is 13.2 Å². The van der Waals surface area contributed by atoms with Gasteiger partial charge in [-0.05, 0) is 49.2 Å². The first-order valence-electron chi connectivity index (χ1n) is 9.01. The summed E-state index contributed by atoms with van der Waals surface area (Å²) in [6.07, 6.45) is 1.75. The molecule has 0 bridgehead atoms. The van der Waals surface area contributed by atoms with Crippen LogP contribution < -0.4 is 14.4 Å². The molecule has 0 aliphatic carbocycles. The minimum atomic E-state index is -3.47. The van der Waals surface area contributed by atoms with E-state index in [1.54, 1.807) is 24.3 Å². The number of anilines is 1. The van der Waals surface area contributed by atoms with E-state index in [0.717, 1.165) is 17.6 Å². The molecule has 0 fully saturated rings. The van der Waals surface area contributed by atoms with Crippen LogP contribution in [-0.4, -0.2) is 33.7 Å². The minimum absolute atomic E-state index is 0.138. The molecule has 1 amide bonds. The molecule has 2 aromatic rings. The smallest absolute Gasteiger partial charge is 0.232 e. The molecule has 6 nitrogen and oxygen atoms in total. The number of hydrogen-bond donors (Lipinski definition) is 1. The third-order valence-electron chi connectivity index (χ3n) is 3.96. The van der Waals surface area contributed by atoms with Gasteiger partial charge < -0.3 is 10.1 Å². The Labute approximate surface area is 171 Å². The van der Waals surface area contributed by atoms with Crippen LogP contribution in [0.15, 0.2) is 48.5 Å². The fraction of sp³-hybridized carbons (Fsp3) is 0.350. The van der Waals surface area contributed by atoms with Crippen LogP contribution in [0.4, 0.5) is 5.69 Å². The average Bonchev–Trinajstić information content (AvgIpc) is 2.63. The van der Waals surface area contributed by atoms with Gasteiger partial charge in [0, 0.05) is 24.5 Å². The summed E-state index contributed by atoms with van der Waals surface area (Å²) in [6.45, 7) is 3.09. The average molecular weight is 425 g/mol. The Balaban J connectivity index is 1.86. The molecular formula is C20H25ClN2O4S. The van der Waals surface area contributed by atoms with E-state index in [4.69, 9.17) is 16.3 Å².